The highest BCUT2D eigenvalue weighted by atomic mass is 32.2. The van der Waals surface area contributed by atoms with Gasteiger partial charge in [-0.05, 0) is 19.1 Å². The first kappa shape index (κ1) is 18.9. The fourth-order valence-corrected chi connectivity index (χ4v) is 3.19. The van der Waals surface area contributed by atoms with Crippen LogP contribution in [-0.2, 0) is 18.5 Å². The molecule has 115 valence electrons. The van der Waals surface area contributed by atoms with Crippen molar-refractivity contribution in [1.82, 2.24) is 4.98 Å². The summed E-state index contributed by atoms with van der Waals surface area (Å²) in [4.78, 5) is 26.8. The maximum Gasteiger partial charge on any atom is 0.348 e. The molecule has 6 nitrogen and oxygen atoms in total. The Bertz CT molecular complexity index is 615. The second-order valence-electron chi connectivity index (χ2n) is 3.98. The number of hydrogen-bond acceptors (Lipinski definition) is 7. The lowest BCUT2D eigenvalue weighted by atomic mass is 10.2. The monoisotopic (exact) mass is 354 g/mol. The van der Waals surface area contributed by atoms with Gasteiger partial charge in [-0.25, -0.2) is 9.78 Å². The first-order valence-electron chi connectivity index (χ1n) is 6.17. The van der Waals surface area contributed by atoms with Gasteiger partial charge in [-0.3, -0.25) is 4.79 Å². The topological polar surface area (TPSA) is 85.7 Å². The molecule has 3 radical (unpaired) electrons. The Morgan fingerprint density at radius 1 is 1.41 bits per heavy atom. The number of carboxylic acid groups (broad SMARTS) is 1. The van der Waals surface area contributed by atoms with Gasteiger partial charge in [0.25, 0.3) is 0 Å². The lowest BCUT2D eigenvalue weighted by Gasteiger charge is -2.12. The highest BCUT2D eigenvalue weighted by molar-refractivity contribution is 7.97. The number of hydrogen-bond donors (Lipinski definition) is 1. The summed E-state index contributed by atoms with van der Waals surface area (Å²) in [7, 11) is 0. The van der Waals surface area contributed by atoms with Crippen LogP contribution in [0.1, 0.15) is 13.3 Å². The van der Waals surface area contributed by atoms with Crippen molar-refractivity contribution in [3.8, 4) is 0 Å². The molecule has 1 heterocycles. The number of nitrogens with zero attached hydrogens (tertiary/aromatic N) is 1. The Hall–Kier alpha value is -1.11. The Morgan fingerprint density at radius 3 is 2.77 bits per heavy atom. The third kappa shape index (κ3) is 5.27. The summed E-state index contributed by atoms with van der Waals surface area (Å²) < 4.78 is 11.7. The van der Waals surface area contributed by atoms with Crippen molar-refractivity contribution in [3.05, 3.63) is 24.3 Å². The van der Waals surface area contributed by atoms with E-state index in [4.69, 9.17) is 14.0 Å². The zero-order valence-electron chi connectivity index (χ0n) is 11.7. The number of carbonyl (C=O) groups is 2. The van der Waals surface area contributed by atoms with Crippen LogP contribution in [0, 0.1) is 0 Å². The molecule has 1 aromatic carbocycles. The molecule has 0 saturated heterocycles. The third-order valence-corrected chi connectivity index (χ3v) is 4.23. The molecule has 22 heavy (non-hydrogen) atoms. The number of aromatic nitrogens is 1. The van der Waals surface area contributed by atoms with Gasteiger partial charge >= 0.3 is 11.9 Å². The molecular formula is C13H13AlNO5S2. The van der Waals surface area contributed by atoms with Crippen LogP contribution in [-0.4, -0.2) is 52.1 Å². The van der Waals surface area contributed by atoms with Crippen LogP contribution in [0.15, 0.2) is 28.6 Å². The minimum absolute atomic E-state index is 0. The minimum Gasteiger partial charge on any atom is -0.481 e. The van der Waals surface area contributed by atoms with Crippen molar-refractivity contribution in [3.63, 3.8) is 0 Å². The molecule has 0 aliphatic rings. The number of thiazole rings is 1. The standard InChI is InChI=1S/C13H13NO5S2.Al/c1-2-18-9(7-11(15)16)12(17)19-21-13-14-8-5-3-4-6-10(8)20-13;/h3-6,9H,2,7H2,1H3,(H,15,16);. The molecule has 0 amide bonds. The van der Waals surface area contributed by atoms with Crippen LogP contribution in [0.5, 0.6) is 0 Å². The highest BCUT2D eigenvalue weighted by Crippen LogP contribution is 2.30. The highest BCUT2D eigenvalue weighted by Gasteiger charge is 2.24. The molecule has 0 aliphatic heterocycles. The summed E-state index contributed by atoms with van der Waals surface area (Å²) in [6.07, 6.45) is -1.53. The summed E-state index contributed by atoms with van der Waals surface area (Å²) in [5.74, 6) is -1.83. The molecule has 0 fully saturated rings. The van der Waals surface area contributed by atoms with Crippen LogP contribution in [0.3, 0.4) is 0 Å². The van der Waals surface area contributed by atoms with Gasteiger partial charge in [-0.1, -0.05) is 12.1 Å². The van der Waals surface area contributed by atoms with Crippen molar-refractivity contribution in [1.29, 1.82) is 0 Å². The van der Waals surface area contributed by atoms with E-state index in [-0.39, 0.29) is 24.0 Å². The zero-order valence-corrected chi connectivity index (χ0v) is 14.5. The fraction of sp³-hybridized carbons (Fsp3) is 0.308. The maximum absolute atomic E-state index is 11.8. The molecule has 0 saturated carbocycles. The number of carboxylic acids is 1. The number of aliphatic carboxylic acids is 1. The van der Waals surface area contributed by atoms with Gasteiger partial charge in [0, 0.05) is 24.0 Å². The second kappa shape index (κ2) is 9.13. The van der Waals surface area contributed by atoms with E-state index >= 15 is 0 Å². The first-order valence-corrected chi connectivity index (χ1v) is 7.73. The first-order chi connectivity index (χ1) is 10.1. The Balaban J connectivity index is 0.00000242. The van der Waals surface area contributed by atoms with Crippen molar-refractivity contribution in [2.24, 2.45) is 0 Å². The number of fused-ring (bicyclic) bond motifs is 1. The number of benzene rings is 1. The predicted molar refractivity (Wildman–Crippen MR) is 85.0 cm³/mol. The average molecular weight is 354 g/mol. The van der Waals surface area contributed by atoms with E-state index in [1.807, 2.05) is 24.3 Å². The van der Waals surface area contributed by atoms with Gasteiger partial charge in [-0.15, -0.1) is 11.3 Å². The molecule has 1 unspecified atom stereocenters. The van der Waals surface area contributed by atoms with Gasteiger partial charge in [-0.2, -0.15) is 0 Å². The molecule has 2 aromatic rings. The Morgan fingerprint density at radius 2 is 2.14 bits per heavy atom. The number of carbonyl (C=O) groups excluding carboxylic acids is 1. The van der Waals surface area contributed by atoms with E-state index in [1.165, 1.54) is 11.3 Å². The summed E-state index contributed by atoms with van der Waals surface area (Å²) in [6, 6.07) is 7.57. The van der Waals surface area contributed by atoms with E-state index < -0.39 is 24.5 Å². The van der Waals surface area contributed by atoms with Crippen LogP contribution in [0.25, 0.3) is 10.2 Å². The van der Waals surface area contributed by atoms with E-state index in [1.54, 1.807) is 6.92 Å². The van der Waals surface area contributed by atoms with E-state index in [0.717, 1.165) is 22.3 Å². The predicted octanol–water partition coefficient (Wildman–Crippen LogP) is 2.35. The molecule has 0 bridgehead atoms. The van der Waals surface area contributed by atoms with Gasteiger partial charge in [0.1, 0.15) is 12.0 Å². The van der Waals surface area contributed by atoms with Crippen molar-refractivity contribution in [2.75, 3.05) is 6.61 Å². The summed E-state index contributed by atoms with van der Waals surface area (Å²) in [6.45, 7) is 1.92. The van der Waals surface area contributed by atoms with Gasteiger partial charge < -0.3 is 14.0 Å². The largest absolute Gasteiger partial charge is 0.481 e. The van der Waals surface area contributed by atoms with Gasteiger partial charge in [0.2, 0.25) is 0 Å². The number of ether oxygens (including phenoxy) is 1. The Labute approximate surface area is 146 Å². The number of para-hydroxylation sites is 1. The number of rotatable bonds is 7. The van der Waals surface area contributed by atoms with Crippen molar-refractivity contribution < 1.29 is 23.6 Å². The third-order valence-electron chi connectivity index (χ3n) is 2.46. The molecule has 9 heteroatoms. The fourth-order valence-electron chi connectivity index (χ4n) is 1.59. The SMILES string of the molecule is CCOC(CC(=O)O)C(=O)OSc1nc2ccccc2s1.[Al]. The maximum atomic E-state index is 11.8. The molecule has 2 rings (SSSR count). The van der Waals surface area contributed by atoms with E-state index in [2.05, 4.69) is 4.98 Å². The molecule has 0 spiro atoms. The summed E-state index contributed by atoms with van der Waals surface area (Å²) in [5.41, 5.74) is 0.827. The van der Waals surface area contributed by atoms with Gasteiger partial charge in [0.15, 0.2) is 10.4 Å². The molecule has 0 aliphatic carbocycles. The van der Waals surface area contributed by atoms with Crippen LogP contribution in [0.2, 0.25) is 0 Å². The van der Waals surface area contributed by atoms with E-state index in [0.29, 0.717) is 4.34 Å². The Kier molecular flexibility index (Phi) is 7.86. The summed E-state index contributed by atoms with van der Waals surface area (Å²) >= 11 is 2.22. The normalized spacial score (nSPS) is 11.7. The zero-order chi connectivity index (χ0) is 15.2. The summed E-state index contributed by atoms with van der Waals surface area (Å²) in [5, 5.41) is 8.74. The second-order valence-corrected chi connectivity index (χ2v) is 5.98. The molecule has 1 aromatic heterocycles. The van der Waals surface area contributed by atoms with Crippen molar-refractivity contribution >= 4 is 62.9 Å². The molecule has 1 atom stereocenters. The van der Waals surface area contributed by atoms with Gasteiger partial charge in [0.05, 0.1) is 16.6 Å². The quantitative estimate of drug-likeness (QED) is 0.603. The molecular weight excluding hydrogens is 341 g/mol. The smallest absolute Gasteiger partial charge is 0.348 e. The van der Waals surface area contributed by atoms with E-state index in [9.17, 15) is 9.59 Å². The van der Waals surface area contributed by atoms with Crippen LogP contribution < -0.4 is 0 Å². The lowest BCUT2D eigenvalue weighted by molar-refractivity contribution is -0.153. The van der Waals surface area contributed by atoms with Crippen molar-refractivity contribution in [2.45, 2.75) is 23.8 Å². The van der Waals surface area contributed by atoms with Crippen LogP contribution in [0.4, 0.5) is 0 Å². The lowest BCUT2D eigenvalue weighted by Crippen LogP contribution is -2.27. The van der Waals surface area contributed by atoms with Crippen LogP contribution >= 0.6 is 23.4 Å². The minimum atomic E-state index is -1.12. The average Bonchev–Trinajstić information content (AvgIpc) is 2.86. The molecule has 1 N–H and O–H groups in total.